The second-order valence-corrected chi connectivity index (χ2v) is 9.30. The number of nitrogens with one attached hydrogen (secondary N) is 1. The molecule has 3 rings (SSSR count). The zero-order valence-electron chi connectivity index (χ0n) is 15.6. The Morgan fingerprint density at radius 1 is 1.43 bits per heavy atom. The van der Waals surface area contributed by atoms with Crippen molar-refractivity contribution < 1.29 is 27.2 Å². The third-order valence-electron chi connectivity index (χ3n) is 4.06. The average Bonchev–Trinajstić information content (AvgIpc) is 3.39. The van der Waals surface area contributed by atoms with Crippen molar-refractivity contribution in [3.63, 3.8) is 0 Å². The molecule has 1 aromatic heterocycles. The van der Waals surface area contributed by atoms with Crippen molar-refractivity contribution in [2.75, 3.05) is 24.3 Å². The van der Waals surface area contributed by atoms with Crippen molar-refractivity contribution in [2.45, 2.75) is 23.8 Å². The first-order valence-electron chi connectivity index (χ1n) is 8.83. The topological polar surface area (TPSA) is 131 Å². The lowest BCUT2D eigenvalue weighted by Crippen LogP contribution is -2.25. The zero-order chi connectivity index (χ0) is 21.6. The van der Waals surface area contributed by atoms with Gasteiger partial charge in [0.2, 0.25) is 0 Å². The zero-order valence-corrected chi connectivity index (χ0v) is 17.2. The Morgan fingerprint density at radius 2 is 2.20 bits per heavy atom. The first-order chi connectivity index (χ1) is 14.4. The molecule has 1 aromatic carbocycles. The first kappa shape index (κ1) is 21.8. The minimum atomic E-state index is -3.62. The van der Waals surface area contributed by atoms with Gasteiger partial charge in [-0.25, -0.2) is 13.4 Å². The lowest BCUT2D eigenvalue weighted by Gasteiger charge is -2.10. The molecule has 1 atom stereocenters. The van der Waals surface area contributed by atoms with E-state index in [-0.39, 0.29) is 34.0 Å². The molecule has 158 valence electrons. The van der Waals surface area contributed by atoms with E-state index in [4.69, 9.17) is 14.8 Å². The third-order valence-corrected chi connectivity index (χ3v) is 6.50. The Labute approximate surface area is 176 Å². The molecule has 0 saturated carbocycles. The number of halogens is 1. The van der Waals surface area contributed by atoms with E-state index in [9.17, 15) is 17.6 Å². The molecule has 1 saturated heterocycles. The Kier molecular flexibility index (Phi) is 7.09. The molecule has 1 fully saturated rings. The van der Waals surface area contributed by atoms with Crippen molar-refractivity contribution in [1.82, 2.24) is 4.98 Å². The summed E-state index contributed by atoms with van der Waals surface area (Å²) in [6.45, 7) is 0.863. The van der Waals surface area contributed by atoms with Gasteiger partial charge >= 0.3 is 0 Å². The second-order valence-electron chi connectivity index (χ2n) is 6.21. The summed E-state index contributed by atoms with van der Waals surface area (Å²) in [5, 5.41) is 14.5. The van der Waals surface area contributed by atoms with Crippen LogP contribution in [0.5, 0.6) is 0 Å². The van der Waals surface area contributed by atoms with E-state index in [1.807, 2.05) is 0 Å². The van der Waals surface area contributed by atoms with Gasteiger partial charge in [-0.15, -0.1) is 0 Å². The SMILES string of the molecule is N#CCCS(=O)(=O)c1ccc(/C(=N\O[C@@H]2CCOC2)C(=O)Nc2ncc(F)s2)cc1. The van der Waals surface area contributed by atoms with Gasteiger partial charge in [-0.3, -0.25) is 10.1 Å². The Balaban J connectivity index is 1.84. The fraction of sp³-hybridized carbons (Fsp3) is 0.333. The molecule has 1 N–H and O–H groups in total. The summed E-state index contributed by atoms with van der Waals surface area (Å²) >= 11 is 0.654. The van der Waals surface area contributed by atoms with Gasteiger partial charge in [0.15, 0.2) is 31.9 Å². The van der Waals surface area contributed by atoms with Crippen LogP contribution >= 0.6 is 11.3 Å². The van der Waals surface area contributed by atoms with Crippen LogP contribution in [0.4, 0.5) is 9.52 Å². The van der Waals surface area contributed by atoms with Gasteiger partial charge in [0.05, 0.1) is 36.1 Å². The fourth-order valence-corrected chi connectivity index (χ4v) is 4.22. The van der Waals surface area contributed by atoms with Gasteiger partial charge in [-0.05, 0) is 12.1 Å². The van der Waals surface area contributed by atoms with Crippen LogP contribution in [0.1, 0.15) is 18.4 Å². The molecule has 30 heavy (non-hydrogen) atoms. The lowest BCUT2D eigenvalue weighted by molar-refractivity contribution is -0.110. The maximum absolute atomic E-state index is 13.2. The number of benzene rings is 1. The van der Waals surface area contributed by atoms with Crippen molar-refractivity contribution >= 4 is 37.9 Å². The predicted molar refractivity (Wildman–Crippen MR) is 106 cm³/mol. The maximum atomic E-state index is 13.2. The summed E-state index contributed by atoms with van der Waals surface area (Å²) in [5.41, 5.74) is 0.168. The van der Waals surface area contributed by atoms with Gasteiger partial charge in [0, 0.05) is 18.4 Å². The highest BCUT2D eigenvalue weighted by atomic mass is 32.2. The number of hydrogen-bond donors (Lipinski definition) is 1. The highest BCUT2D eigenvalue weighted by Gasteiger charge is 2.22. The minimum Gasteiger partial charge on any atom is -0.389 e. The van der Waals surface area contributed by atoms with Crippen LogP contribution < -0.4 is 5.32 Å². The summed E-state index contributed by atoms with van der Waals surface area (Å²) in [6, 6.07) is 7.27. The number of amides is 1. The number of rotatable bonds is 8. The third kappa shape index (κ3) is 5.59. The molecule has 0 bridgehead atoms. The van der Waals surface area contributed by atoms with E-state index in [1.54, 1.807) is 6.07 Å². The number of oxime groups is 1. The summed E-state index contributed by atoms with van der Waals surface area (Å²) in [5.74, 6) is -0.992. The number of sulfone groups is 1. The summed E-state index contributed by atoms with van der Waals surface area (Å²) in [7, 11) is -3.62. The monoisotopic (exact) mass is 452 g/mol. The molecule has 0 spiro atoms. The number of anilines is 1. The van der Waals surface area contributed by atoms with Gasteiger partial charge in [-0.2, -0.15) is 9.65 Å². The largest absolute Gasteiger partial charge is 0.389 e. The van der Waals surface area contributed by atoms with Crippen molar-refractivity contribution in [3.8, 4) is 6.07 Å². The fourth-order valence-electron chi connectivity index (χ4n) is 2.54. The molecule has 0 unspecified atom stereocenters. The molecule has 12 heteroatoms. The van der Waals surface area contributed by atoms with E-state index >= 15 is 0 Å². The van der Waals surface area contributed by atoms with Gasteiger partial charge in [0.25, 0.3) is 5.91 Å². The number of thiazole rings is 1. The van der Waals surface area contributed by atoms with Crippen molar-refractivity contribution in [2.24, 2.45) is 5.16 Å². The lowest BCUT2D eigenvalue weighted by atomic mass is 10.1. The van der Waals surface area contributed by atoms with E-state index < -0.39 is 20.9 Å². The molecular weight excluding hydrogens is 435 g/mol. The molecule has 1 amide bonds. The summed E-state index contributed by atoms with van der Waals surface area (Å²) in [6.07, 6.45) is 1.16. The standard InChI is InChI=1S/C18H17FN4O5S2/c19-15-10-21-18(29-15)22-17(24)16(23-28-13-6-8-27-11-13)12-2-4-14(5-3-12)30(25,26)9-1-7-20/h2-5,10,13H,1,6,8-9,11H2,(H,21,22,24)/b23-16+/t13-/m1/s1. The Morgan fingerprint density at radius 3 is 2.80 bits per heavy atom. The van der Waals surface area contributed by atoms with Crippen LogP contribution in [0.3, 0.4) is 0 Å². The quantitative estimate of drug-likeness (QED) is 0.479. The number of ether oxygens (including phenoxy) is 1. The normalized spacial score (nSPS) is 16.8. The average molecular weight is 452 g/mol. The van der Waals surface area contributed by atoms with Crippen LogP contribution in [0.2, 0.25) is 0 Å². The van der Waals surface area contributed by atoms with E-state index in [2.05, 4.69) is 15.5 Å². The molecule has 2 heterocycles. The highest BCUT2D eigenvalue weighted by molar-refractivity contribution is 7.91. The predicted octanol–water partition coefficient (Wildman–Crippen LogP) is 2.12. The highest BCUT2D eigenvalue weighted by Crippen LogP contribution is 2.18. The minimum absolute atomic E-state index is 0.0216. The first-order valence-corrected chi connectivity index (χ1v) is 11.3. The van der Waals surface area contributed by atoms with Crippen LogP contribution in [-0.2, 0) is 24.2 Å². The van der Waals surface area contributed by atoms with Crippen LogP contribution in [0.15, 0.2) is 40.5 Å². The molecule has 0 aliphatic carbocycles. The van der Waals surface area contributed by atoms with E-state index in [1.165, 1.54) is 24.3 Å². The number of nitrogens with zero attached hydrogens (tertiary/aromatic N) is 3. The summed E-state index contributed by atoms with van der Waals surface area (Å²) < 4.78 is 42.8. The summed E-state index contributed by atoms with van der Waals surface area (Å²) in [4.78, 5) is 21.8. The number of nitriles is 1. The number of carbonyl (C=O) groups excluding carboxylic acids is 1. The van der Waals surface area contributed by atoms with Crippen LogP contribution in [0.25, 0.3) is 0 Å². The molecule has 2 aromatic rings. The molecule has 1 aliphatic rings. The Bertz CT molecular complexity index is 1070. The number of aromatic nitrogens is 1. The maximum Gasteiger partial charge on any atom is 0.280 e. The van der Waals surface area contributed by atoms with Crippen LogP contribution in [-0.4, -0.2) is 50.1 Å². The van der Waals surface area contributed by atoms with Crippen molar-refractivity contribution in [3.05, 3.63) is 41.2 Å². The smallest absolute Gasteiger partial charge is 0.280 e. The molecule has 1 aliphatic heterocycles. The van der Waals surface area contributed by atoms with Gasteiger partial charge in [0.1, 0.15) is 0 Å². The van der Waals surface area contributed by atoms with Gasteiger partial charge in [-0.1, -0.05) is 28.6 Å². The van der Waals surface area contributed by atoms with Gasteiger partial charge < -0.3 is 9.57 Å². The number of carbonyl (C=O) groups is 1. The van der Waals surface area contributed by atoms with E-state index in [0.717, 1.165) is 6.20 Å². The molecule has 9 nitrogen and oxygen atoms in total. The van der Waals surface area contributed by atoms with Crippen LogP contribution in [0, 0.1) is 16.5 Å². The molecular formula is C18H17FN4O5S2. The van der Waals surface area contributed by atoms with E-state index in [0.29, 0.717) is 36.5 Å². The van der Waals surface area contributed by atoms with Crippen molar-refractivity contribution in [1.29, 1.82) is 5.26 Å². The number of hydrogen-bond acceptors (Lipinski definition) is 9. The molecule has 0 radical (unpaired) electrons. The second kappa shape index (κ2) is 9.75. The Hall–Kier alpha value is -2.88.